The Balaban J connectivity index is 1.74. The molecule has 0 unspecified atom stereocenters. The van der Waals surface area contributed by atoms with Gasteiger partial charge in [-0.1, -0.05) is 30.5 Å². The zero-order chi connectivity index (χ0) is 17.6. The summed E-state index contributed by atoms with van der Waals surface area (Å²) in [6.07, 6.45) is 3.93. The molecule has 1 amide bonds. The molecule has 25 heavy (non-hydrogen) atoms. The molecule has 2 heterocycles. The SMILES string of the molecule is Cc1ccc(-n2nc3c(c2NC(=O)C2CCCC2)CS(=O)(=O)C3)cc1. The van der Waals surface area contributed by atoms with Crippen molar-refractivity contribution in [1.82, 2.24) is 9.78 Å². The molecule has 6 nitrogen and oxygen atoms in total. The van der Waals surface area contributed by atoms with Gasteiger partial charge in [-0.15, -0.1) is 0 Å². The van der Waals surface area contributed by atoms with Gasteiger partial charge in [0.1, 0.15) is 5.82 Å². The van der Waals surface area contributed by atoms with E-state index in [1.165, 1.54) is 0 Å². The summed E-state index contributed by atoms with van der Waals surface area (Å²) in [5.74, 6) is 0.367. The van der Waals surface area contributed by atoms with Crippen LogP contribution in [-0.4, -0.2) is 24.1 Å². The minimum Gasteiger partial charge on any atom is -0.310 e. The van der Waals surface area contributed by atoms with Crippen molar-refractivity contribution in [3.8, 4) is 5.69 Å². The molecule has 0 spiro atoms. The molecular weight excluding hydrogens is 338 g/mol. The number of rotatable bonds is 3. The van der Waals surface area contributed by atoms with Gasteiger partial charge in [-0.3, -0.25) is 4.79 Å². The van der Waals surface area contributed by atoms with Crippen molar-refractivity contribution < 1.29 is 13.2 Å². The van der Waals surface area contributed by atoms with E-state index in [1.54, 1.807) is 4.68 Å². The molecule has 1 aromatic heterocycles. The molecule has 0 radical (unpaired) electrons. The van der Waals surface area contributed by atoms with Gasteiger partial charge in [0.25, 0.3) is 0 Å². The Hall–Kier alpha value is -2.15. The lowest BCUT2D eigenvalue weighted by atomic mass is 10.1. The number of aromatic nitrogens is 2. The van der Waals surface area contributed by atoms with E-state index in [4.69, 9.17) is 0 Å². The molecule has 0 bridgehead atoms. The Bertz CT molecular complexity index is 923. The van der Waals surface area contributed by atoms with Gasteiger partial charge in [-0.05, 0) is 31.9 Å². The number of carbonyl (C=O) groups is 1. The predicted molar refractivity (Wildman–Crippen MR) is 95.2 cm³/mol. The first kappa shape index (κ1) is 16.3. The minimum absolute atomic E-state index is 0.00929. The van der Waals surface area contributed by atoms with Crippen LogP contribution < -0.4 is 5.32 Å². The number of fused-ring (bicyclic) bond motifs is 1. The average molecular weight is 359 g/mol. The van der Waals surface area contributed by atoms with Gasteiger partial charge in [-0.25, -0.2) is 13.1 Å². The molecule has 4 rings (SSSR count). The normalized spacial score (nSPS) is 19.1. The van der Waals surface area contributed by atoms with Gasteiger partial charge in [-0.2, -0.15) is 5.10 Å². The van der Waals surface area contributed by atoms with E-state index in [0.29, 0.717) is 17.1 Å². The summed E-state index contributed by atoms with van der Waals surface area (Å²) < 4.78 is 25.6. The van der Waals surface area contributed by atoms with Crippen LogP contribution in [0.25, 0.3) is 5.69 Å². The molecule has 1 aliphatic heterocycles. The summed E-state index contributed by atoms with van der Waals surface area (Å²) >= 11 is 0. The van der Waals surface area contributed by atoms with Crippen molar-refractivity contribution in [3.05, 3.63) is 41.1 Å². The Morgan fingerprint density at radius 3 is 2.52 bits per heavy atom. The zero-order valence-electron chi connectivity index (χ0n) is 14.2. The van der Waals surface area contributed by atoms with Crippen molar-refractivity contribution in [2.45, 2.75) is 44.1 Å². The van der Waals surface area contributed by atoms with Crippen molar-refractivity contribution in [2.75, 3.05) is 5.32 Å². The number of carbonyl (C=O) groups excluding carboxylic acids is 1. The topological polar surface area (TPSA) is 81.1 Å². The molecule has 132 valence electrons. The summed E-state index contributed by atoms with van der Waals surface area (Å²) in [4.78, 5) is 12.6. The van der Waals surface area contributed by atoms with Gasteiger partial charge in [0, 0.05) is 11.5 Å². The third-order valence-corrected chi connectivity index (χ3v) is 6.48. The number of nitrogens with one attached hydrogen (secondary N) is 1. The highest BCUT2D eigenvalue weighted by Crippen LogP contribution is 2.34. The van der Waals surface area contributed by atoms with E-state index in [1.807, 2.05) is 31.2 Å². The highest BCUT2D eigenvalue weighted by molar-refractivity contribution is 7.90. The first-order valence-corrected chi connectivity index (χ1v) is 10.4. The second kappa shape index (κ2) is 5.98. The minimum atomic E-state index is -3.17. The Morgan fingerprint density at radius 1 is 1.16 bits per heavy atom. The maximum Gasteiger partial charge on any atom is 0.228 e. The molecular formula is C18H21N3O3S. The summed E-state index contributed by atoms with van der Waals surface area (Å²) in [7, 11) is -3.17. The maximum atomic E-state index is 12.6. The fraction of sp³-hybridized carbons (Fsp3) is 0.444. The van der Waals surface area contributed by atoms with Crippen LogP contribution in [0.15, 0.2) is 24.3 Å². The molecule has 1 N–H and O–H groups in total. The number of amides is 1. The smallest absolute Gasteiger partial charge is 0.228 e. The van der Waals surface area contributed by atoms with E-state index in [0.717, 1.165) is 36.9 Å². The van der Waals surface area contributed by atoms with E-state index in [-0.39, 0.29) is 23.3 Å². The fourth-order valence-corrected chi connectivity index (χ4v) is 5.14. The number of anilines is 1. The van der Waals surface area contributed by atoms with Crippen LogP contribution in [-0.2, 0) is 26.1 Å². The highest BCUT2D eigenvalue weighted by Gasteiger charge is 2.34. The van der Waals surface area contributed by atoms with E-state index >= 15 is 0 Å². The third-order valence-electron chi connectivity index (χ3n) is 5.03. The quantitative estimate of drug-likeness (QED) is 0.914. The number of sulfone groups is 1. The predicted octanol–water partition coefficient (Wildman–Crippen LogP) is 2.74. The number of hydrogen-bond donors (Lipinski definition) is 1. The molecule has 2 aromatic rings. The van der Waals surface area contributed by atoms with Crippen LogP contribution >= 0.6 is 0 Å². The van der Waals surface area contributed by atoms with Gasteiger partial charge in [0.2, 0.25) is 5.91 Å². The largest absolute Gasteiger partial charge is 0.310 e. The molecule has 2 aliphatic rings. The Kier molecular flexibility index (Phi) is 3.91. The molecule has 1 saturated carbocycles. The van der Waals surface area contributed by atoms with Crippen LogP contribution in [0.1, 0.15) is 42.5 Å². The number of hydrogen-bond acceptors (Lipinski definition) is 4. The Morgan fingerprint density at radius 2 is 1.84 bits per heavy atom. The summed E-state index contributed by atoms with van der Waals surface area (Å²) in [6, 6.07) is 7.80. The molecule has 1 fully saturated rings. The highest BCUT2D eigenvalue weighted by atomic mass is 32.2. The maximum absolute atomic E-state index is 12.6. The average Bonchev–Trinajstić information content (AvgIpc) is 3.25. The summed E-state index contributed by atoms with van der Waals surface area (Å²) in [5, 5.41) is 7.47. The van der Waals surface area contributed by atoms with Gasteiger partial charge in [0.05, 0.1) is 22.9 Å². The third kappa shape index (κ3) is 3.08. The lowest BCUT2D eigenvalue weighted by Crippen LogP contribution is -2.23. The van der Waals surface area contributed by atoms with Crippen molar-refractivity contribution >= 4 is 21.6 Å². The van der Waals surface area contributed by atoms with Gasteiger partial charge < -0.3 is 5.32 Å². The Labute approximate surface area is 147 Å². The first-order chi connectivity index (χ1) is 11.9. The fourth-order valence-electron chi connectivity index (χ4n) is 3.65. The lowest BCUT2D eigenvalue weighted by Gasteiger charge is -2.14. The summed E-state index contributed by atoms with van der Waals surface area (Å²) in [5.41, 5.74) is 3.12. The number of aryl methyl sites for hydroxylation is 1. The van der Waals surface area contributed by atoms with Crippen molar-refractivity contribution in [1.29, 1.82) is 0 Å². The zero-order valence-corrected chi connectivity index (χ0v) is 15.0. The van der Waals surface area contributed by atoms with Crippen molar-refractivity contribution in [3.63, 3.8) is 0 Å². The second-order valence-corrected chi connectivity index (χ2v) is 9.09. The first-order valence-electron chi connectivity index (χ1n) is 8.62. The van der Waals surface area contributed by atoms with Crippen LogP contribution in [0.5, 0.6) is 0 Å². The number of benzene rings is 1. The molecule has 7 heteroatoms. The standard InChI is InChI=1S/C18H21N3O3S/c1-12-6-8-14(9-7-12)21-17(19-18(22)13-4-2-3-5-13)15-10-25(23,24)11-16(15)20-21/h6-9,13H,2-5,10-11H2,1H3,(H,19,22). The van der Waals surface area contributed by atoms with Crippen LogP contribution in [0.3, 0.4) is 0 Å². The lowest BCUT2D eigenvalue weighted by molar-refractivity contribution is -0.119. The molecule has 1 aliphatic carbocycles. The van der Waals surface area contributed by atoms with E-state index < -0.39 is 9.84 Å². The van der Waals surface area contributed by atoms with Crippen LogP contribution in [0, 0.1) is 12.8 Å². The van der Waals surface area contributed by atoms with E-state index in [2.05, 4.69) is 10.4 Å². The van der Waals surface area contributed by atoms with Gasteiger partial charge in [0.15, 0.2) is 9.84 Å². The monoisotopic (exact) mass is 359 g/mol. The second-order valence-electron chi connectivity index (χ2n) is 7.02. The number of nitrogens with zero attached hydrogens (tertiary/aromatic N) is 2. The van der Waals surface area contributed by atoms with E-state index in [9.17, 15) is 13.2 Å². The van der Waals surface area contributed by atoms with Crippen molar-refractivity contribution in [2.24, 2.45) is 5.92 Å². The van der Waals surface area contributed by atoms with Crippen LogP contribution in [0.4, 0.5) is 5.82 Å². The van der Waals surface area contributed by atoms with Crippen LogP contribution in [0.2, 0.25) is 0 Å². The molecule has 0 atom stereocenters. The summed E-state index contributed by atoms with van der Waals surface area (Å²) in [6.45, 7) is 2.00. The molecule has 1 aromatic carbocycles. The molecule has 0 saturated heterocycles. The van der Waals surface area contributed by atoms with Gasteiger partial charge >= 0.3 is 0 Å².